The zero-order chi connectivity index (χ0) is 17.8. The first-order chi connectivity index (χ1) is 12.0. The van der Waals surface area contributed by atoms with Gasteiger partial charge in [-0.2, -0.15) is 4.98 Å². The van der Waals surface area contributed by atoms with Crippen molar-refractivity contribution in [3.8, 4) is 5.88 Å². The summed E-state index contributed by atoms with van der Waals surface area (Å²) in [7, 11) is 0. The first kappa shape index (κ1) is 17.4. The summed E-state index contributed by atoms with van der Waals surface area (Å²) >= 11 is 0. The fourth-order valence-corrected chi connectivity index (χ4v) is 2.76. The van der Waals surface area contributed by atoms with Crippen molar-refractivity contribution in [3.05, 3.63) is 24.3 Å². The van der Waals surface area contributed by atoms with Crippen molar-refractivity contribution in [2.24, 2.45) is 0 Å². The van der Waals surface area contributed by atoms with Crippen LogP contribution in [0.15, 0.2) is 24.3 Å². The molecule has 0 radical (unpaired) electrons. The van der Waals surface area contributed by atoms with Crippen molar-refractivity contribution in [2.45, 2.75) is 33.0 Å². The second kappa shape index (κ2) is 7.65. The van der Waals surface area contributed by atoms with Gasteiger partial charge in [-0.15, -0.1) is 0 Å². The smallest absolute Gasteiger partial charge is 0.303 e. The average molecular weight is 344 g/mol. The maximum Gasteiger partial charge on any atom is 0.303 e. The molecule has 3 rings (SSSR count). The summed E-state index contributed by atoms with van der Waals surface area (Å²) in [5.74, 6) is 0.866. The number of aromatic nitrogens is 2. The Morgan fingerprint density at radius 1 is 1.16 bits per heavy atom. The van der Waals surface area contributed by atoms with Crippen LogP contribution in [0.3, 0.4) is 0 Å². The van der Waals surface area contributed by atoms with Gasteiger partial charge in [0.1, 0.15) is 12.2 Å². The predicted molar refractivity (Wildman–Crippen MR) is 95.9 cm³/mol. The highest BCUT2D eigenvalue weighted by molar-refractivity contribution is 5.84. The monoisotopic (exact) mass is 344 g/mol. The Morgan fingerprint density at radius 3 is 2.60 bits per heavy atom. The van der Waals surface area contributed by atoms with E-state index in [0.717, 1.165) is 37.1 Å². The lowest BCUT2D eigenvalue weighted by Gasteiger charge is -2.28. The van der Waals surface area contributed by atoms with Gasteiger partial charge < -0.3 is 19.7 Å². The number of nitrogens with zero attached hydrogens (tertiary/aromatic N) is 3. The SMILES string of the molecule is CC(=O)O[C@@H](C)[C@H](C)Oc1nc(N2CCNCC2)nc2ccccc12. The minimum absolute atomic E-state index is 0.321. The van der Waals surface area contributed by atoms with Crippen molar-refractivity contribution in [3.63, 3.8) is 0 Å². The van der Waals surface area contributed by atoms with E-state index in [1.807, 2.05) is 38.1 Å². The summed E-state index contributed by atoms with van der Waals surface area (Å²) in [6, 6.07) is 7.78. The molecular weight excluding hydrogens is 320 g/mol. The van der Waals surface area contributed by atoms with Crippen LogP contribution >= 0.6 is 0 Å². The molecule has 0 saturated carbocycles. The van der Waals surface area contributed by atoms with Crippen molar-refractivity contribution >= 4 is 22.8 Å². The zero-order valence-electron chi connectivity index (χ0n) is 14.9. The molecule has 25 heavy (non-hydrogen) atoms. The zero-order valence-corrected chi connectivity index (χ0v) is 14.9. The summed E-state index contributed by atoms with van der Waals surface area (Å²) in [4.78, 5) is 22.6. The van der Waals surface area contributed by atoms with E-state index in [1.54, 1.807) is 0 Å². The van der Waals surface area contributed by atoms with Gasteiger partial charge in [0.2, 0.25) is 11.8 Å². The minimum atomic E-state index is -0.367. The van der Waals surface area contributed by atoms with Gasteiger partial charge in [0.25, 0.3) is 0 Å². The fourth-order valence-electron chi connectivity index (χ4n) is 2.76. The Kier molecular flexibility index (Phi) is 5.33. The lowest BCUT2D eigenvalue weighted by atomic mass is 10.2. The van der Waals surface area contributed by atoms with Crippen molar-refractivity contribution in [1.29, 1.82) is 0 Å². The number of esters is 1. The molecule has 1 aromatic heterocycles. The number of hydrogen-bond donors (Lipinski definition) is 1. The van der Waals surface area contributed by atoms with E-state index < -0.39 is 0 Å². The van der Waals surface area contributed by atoms with Gasteiger partial charge in [-0.3, -0.25) is 4.79 Å². The van der Waals surface area contributed by atoms with E-state index in [-0.39, 0.29) is 18.2 Å². The summed E-state index contributed by atoms with van der Waals surface area (Å²) in [5, 5.41) is 4.17. The Balaban J connectivity index is 1.90. The quantitative estimate of drug-likeness (QED) is 0.828. The average Bonchev–Trinajstić information content (AvgIpc) is 2.61. The highest BCUT2D eigenvalue weighted by atomic mass is 16.6. The molecule has 0 bridgehead atoms. The minimum Gasteiger partial charge on any atom is -0.470 e. The van der Waals surface area contributed by atoms with E-state index in [2.05, 4.69) is 20.2 Å². The Hall–Kier alpha value is -2.41. The third-order valence-corrected chi connectivity index (χ3v) is 4.27. The molecule has 0 aliphatic carbocycles. The van der Waals surface area contributed by atoms with Gasteiger partial charge in [-0.1, -0.05) is 12.1 Å². The van der Waals surface area contributed by atoms with Crippen molar-refractivity contribution in [1.82, 2.24) is 15.3 Å². The van der Waals surface area contributed by atoms with Crippen LogP contribution in [-0.4, -0.2) is 54.3 Å². The third-order valence-electron chi connectivity index (χ3n) is 4.27. The number of anilines is 1. The Labute approximate surface area is 147 Å². The largest absolute Gasteiger partial charge is 0.470 e. The molecule has 1 aliphatic heterocycles. The molecule has 0 amide bonds. The molecule has 7 heteroatoms. The number of benzene rings is 1. The number of ether oxygens (including phenoxy) is 2. The van der Waals surface area contributed by atoms with Crippen LogP contribution in [0.2, 0.25) is 0 Å². The second-order valence-corrected chi connectivity index (χ2v) is 6.22. The van der Waals surface area contributed by atoms with E-state index >= 15 is 0 Å². The number of para-hydroxylation sites is 1. The molecule has 1 saturated heterocycles. The molecule has 1 aromatic carbocycles. The molecule has 2 heterocycles. The number of fused-ring (bicyclic) bond motifs is 1. The molecule has 2 aromatic rings. The number of carbonyl (C=O) groups excluding carboxylic acids is 1. The number of piperazine rings is 1. The lowest BCUT2D eigenvalue weighted by molar-refractivity contribution is -0.149. The number of rotatable bonds is 5. The predicted octanol–water partition coefficient (Wildman–Crippen LogP) is 1.76. The van der Waals surface area contributed by atoms with Gasteiger partial charge in [-0.25, -0.2) is 4.98 Å². The summed E-state index contributed by atoms with van der Waals surface area (Å²) in [5.41, 5.74) is 0.841. The normalized spacial score (nSPS) is 17.2. The van der Waals surface area contributed by atoms with Gasteiger partial charge in [0.05, 0.1) is 10.9 Å². The van der Waals surface area contributed by atoms with Crippen molar-refractivity contribution in [2.75, 3.05) is 31.1 Å². The van der Waals surface area contributed by atoms with Gasteiger partial charge in [-0.05, 0) is 26.0 Å². The second-order valence-electron chi connectivity index (χ2n) is 6.22. The highest BCUT2D eigenvalue weighted by Gasteiger charge is 2.21. The molecule has 0 unspecified atom stereocenters. The van der Waals surface area contributed by atoms with Gasteiger partial charge in [0, 0.05) is 33.1 Å². The first-order valence-electron chi connectivity index (χ1n) is 8.61. The third kappa shape index (κ3) is 4.17. The molecular formula is C18H24N4O3. The first-order valence-corrected chi connectivity index (χ1v) is 8.61. The van der Waals surface area contributed by atoms with Gasteiger partial charge >= 0.3 is 5.97 Å². The molecule has 134 valence electrons. The van der Waals surface area contributed by atoms with E-state index in [4.69, 9.17) is 9.47 Å². The van der Waals surface area contributed by atoms with Crippen LogP contribution in [0.4, 0.5) is 5.95 Å². The van der Waals surface area contributed by atoms with Crippen LogP contribution < -0.4 is 15.0 Å². The van der Waals surface area contributed by atoms with Crippen LogP contribution in [0.1, 0.15) is 20.8 Å². The van der Waals surface area contributed by atoms with Crippen LogP contribution in [-0.2, 0) is 9.53 Å². The standard InChI is InChI=1S/C18H24N4O3/c1-12(24-14(3)23)13(2)25-17-15-6-4-5-7-16(15)20-18(21-17)22-10-8-19-9-11-22/h4-7,12-13,19H,8-11H2,1-3H3/t12-,13-/m0/s1. The maximum absolute atomic E-state index is 11.2. The van der Waals surface area contributed by atoms with Gasteiger partial charge in [0.15, 0.2) is 0 Å². The van der Waals surface area contributed by atoms with E-state index in [0.29, 0.717) is 11.8 Å². The Bertz CT molecular complexity index is 746. The molecule has 0 spiro atoms. The summed E-state index contributed by atoms with van der Waals surface area (Å²) in [6.07, 6.45) is -0.688. The number of nitrogens with one attached hydrogen (secondary N) is 1. The summed E-state index contributed by atoms with van der Waals surface area (Å²) < 4.78 is 11.3. The highest BCUT2D eigenvalue weighted by Crippen LogP contribution is 2.27. The van der Waals surface area contributed by atoms with Crippen LogP contribution in [0.25, 0.3) is 10.9 Å². The van der Waals surface area contributed by atoms with Crippen LogP contribution in [0.5, 0.6) is 5.88 Å². The maximum atomic E-state index is 11.2. The summed E-state index contributed by atoms with van der Waals surface area (Å²) in [6.45, 7) is 8.61. The number of carbonyl (C=O) groups is 1. The van der Waals surface area contributed by atoms with E-state index in [1.165, 1.54) is 6.92 Å². The van der Waals surface area contributed by atoms with Crippen molar-refractivity contribution < 1.29 is 14.3 Å². The molecule has 1 fully saturated rings. The molecule has 1 aliphatic rings. The number of hydrogen-bond acceptors (Lipinski definition) is 7. The molecule has 1 N–H and O–H groups in total. The molecule has 7 nitrogen and oxygen atoms in total. The topological polar surface area (TPSA) is 76.6 Å². The Morgan fingerprint density at radius 2 is 1.88 bits per heavy atom. The lowest BCUT2D eigenvalue weighted by Crippen LogP contribution is -2.44. The van der Waals surface area contributed by atoms with E-state index in [9.17, 15) is 4.79 Å². The van der Waals surface area contributed by atoms with Crippen LogP contribution in [0, 0.1) is 0 Å². The fraction of sp³-hybridized carbons (Fsp3) is 0.500. The molecule has 2 atom stereocenters.